The van der Waals surface area contributed by atoms with Crippen LogP contribution in [0.1, 0.15) is 132 Å². The lowest BCUT2D eigenvalue weighted by Gasteiger charge is -2.29. The van der Waals surface area contributed by atoms with Gasteiger partial charge in [0.1, 0.15) is 17.8 Å². The minimum atomic E-state index is -0.943. The summed E-state index contributed by atoms with van der Waals surface area (Å²) in [4.78, 5) is 38.7. The molecule has 1 amide bonds. The number of ketones is 1. The molecule has 1 fully saturated rings. The second kappa shape index (κ2) is 19.3. The van der Waals surface area contributed by atoms with Gasteiger partial charge in [-0.3, -0.25) is 14.4 Å². The van der Waals surface area contributed by atoms with E-state index in [0.717, 1.165) is 44.9 Å². The lowest BCUT2D eigenvalue weighted by atomic mass is 9.92. The van der Waals surface area contributed by atoms with Crippen LogP contribution in [0.15, 0.2) is 0 Å². The van der Waals surface area contributed by atoms with Crippen molar-refractivity contribution in [3.8, 4) is 0 Å². The standard InChI is InChI=1S/C34H63NO6S/c1-10-14-18-27(11-2)25-41-32(7,12-3)28(36)19-16-15-17-21-40-33(8,13-4)30(37)35-20-22-39-31(38)34(23-26(5)6)24-29(34)42-9/h26-27,29H,10-25H2,1-9H3,(H,35,37). The number of amides is 1. The molecule has 0 heterocycles. The number of rotatable bonds is 25. The normalized spacial score (nSPS) is 21.8. The first-order chi connectivity index (χ1) is 19.9. The fraction of sp³-hybridized carbons (Fsp3) is 0.912. The van der Waals surface area contributed by atoms with Crippen LogP contribution in [0, 0.1) is 17.3 Å². The summed E-state index contributed by atoms with van der Waals surface area (Å²) in [7, 11) is 0. The number of nitrogens with one attached hydrogen (secondary N) is 1. The second-order valence-corrected chi connectivity index (χ2v) is 14.1. The Morgan fingerprint density at radius 1 is 0.952 bits per heavy atom. The molecule has 0 saturated heterocycles. The van der Waals surface area contributed by atoms with Crippen molar-refractivity contribution in [2.24, 2.45) is 17.3 Å². The molecule has 5 unspecified atom stereocenters. The Hall–Kier alpha value is -1.12. The Labute approximate surface area is 261 Å². The van der Waals surface area contributed by atoms with Gasteiger partial charge in [-0.2, -0.15) is 11.8 Å². The molecule has 7 nitrogen and oxygen atoms in total. The fourth-order valence-electron chi connectivity index (χ4n) is 5.50. The number of Topliss-reactive ketones (excluding diaryl/α,β-unsaturated/α-hetero) is 1. The van der Waals surface area contributed by atoms with Gasteiger partial charge >= 0.3 is 5.97 Å². The van der Waals surface area contributed by atoms with Gasteiger partial charge in [-0.15, -0.1) is 0 Å². The minimum Gasteiger partial charge on any atom is -0.463 e. The van der Waals surface area contributed by atoms with E-state index in [-0.39, 0.29) is 36.2 Å². The summed E-state index contributed by atoms with van der Waals surface area (Å²) in [5, 5.41) is 3.22. The van der Waals surface area contributed by atoms with Gasteiger partial charge in [0, 0.05) is 18.3 Å². The molecule has 1 N–H and O–H groups in total. The highest BCUT2D eigenvalue weighted by Crippen LogP contribution is 2.57. The Balaban J connectivity index is 2.36. The lowest BCUT2D eigenvalue weighted by molar-refractivity contribution is -0.152. The number of esters is 1. The van der Waals surface area contributed by atoms with Gasteiger partial charge in [-0.05, 0) is 76.9 Å². The zero-order chi connectivity index (χ0) is 31.8. The first-order valence-corrected chi connectivity index (χ1v) is 18.0. The van der Waals surface area contributed by atoms with Crippen LogP contribution in [0.4, 0.5) is 0 Å². The Kier molecular flexibility index (Phi) is 17.9. The molecule has 42 heavy (non-hydrogen) atoms. The third-order valence-corrected chi connectivity index (χ3v) is 10.3. The van der Waals surface area contributed by atoms with E-state index >= 15 is 0 Å². The van der Waals surface area contributed by atoms with Crippen LogP contribution in [-0.2, 0) is 28.6 Å². The van der Waals surface area contributed by atoms with E-state index in [1.807, 2.05) is 27.0 Å². The van der Waals surface area contributed by atoms with Crippen LogP contribution in [-0.4, -0.2) is 66.7 Å². The number of hydrogen-bond acceptors (Lipinski definition) is 7. The van der Waals surface area contributed by atoms with Crippen molar-refractivity contribution < 1.29 is 28.6 Å². The third kappa shape index (κ3) is 12.1. The lowest BCUT2D eigenvalue weighted by Crippen LogP contribution is -2.47. The highest BCUT2D eigenvalue weighted by atomic mass is 32.2. The van der Waals surface area contributed by atoms with E-state index in [9.17, 15) is 14.4 Å². The van der Waals surface area contributed by atoms with Gasteiger partial charge in [-0.1, -0.05) is 67.2 Å². The monoisotopic (exact) mass is 613 g/mol. The van der Waals surface area contributed by atoms with Gasteiger partial charge in [0.05, 0.1) is 18.6 Å². The first kappa shape index (κ1) is 38.9. The van der Waals surface area contributed by atoms with Crippen LogP contribution in [0.5, 0.6) is 0 Å². The molecule has 0 radical (unpaired) electrons. The highest BCUT2D eigenvalue weighted by Gasteiger charge is 2.60. The van der Waals surface area contributed by atoms with E-state index in [0.29, 0.717) is 49.6 Å². The molecular formula is C34H63NO6S. The number of carbonyl (C=O) groups is 3. The van der Waals surface area contributed by atoms with E-state index < -0.39 is 11.2 Å². The summed E-state index contributed by atoms with van der Waals surface area (Å²) in [5.41, 5.74) is -2.02. The predicted octanol–water partition coefficient (Wildman–Crippen LogP) is 7.53. The molecule has 0 aromatic heterocycles. The van der Waals surface area contributed by atoms with Gasteiger partial charge in [0.15, 0.2) is 5.78 Å². The fourth-order valence-corrected chi connectivity index (χ4v) is 6.60. The van der Waals surface area contributed by atoms with E-state index in [2.05, 4.69) is 33.0 Å². The molecule has 8 heteroatoms. The zero-order valence-electron chi connectivity index (χ0n) is 28.4. The van der Waals surface area contributed by atoms with Crippen LogP contribution < -0.4 is 5.32 Å². The molecular weight excluding hydrogens is 550 g/mol. The number of hydrogen-bond donors (Lipinski definition) is 1. The Bertz CT molecular complexity index is 822. The third-order valence-electron chi connectivity index (χ3n) is 9.16. The van der Waals surface area contributed by atoms with Crippen molar-refractivity contribution >= 4 is 29.4 Å². The topological polar surface area (TPSA) is 90.9 Å². The summed E-state index contributed by atoms with van der Waals surface area (Å²) < 4.78 is 17.8. The summed E-state index contributed by atoms with van der Waals surface area (Å²) in [6.45, 7) is 17.9. The van der Waals surface area contributed by atoms with Crippen molar-refractivity contribution in [2.45, 2.75) is 149 Å². The maximum Gasteiger partial charge on any atom is 0.313 e. The Morgan fingerprint density at radius 3 is 2.19 bits per heavy atom. The number of ether oxygens (including phenoxy) is 3. The van der Waals surface area contributed by atoms with E-state index in [1.54, 1.807) is 18.7 Å². The molecule has 1 aliphatic rings. The van der Waals surface area contributed by atoms with Crippen LogP contribution >= 0.6 is 11.8 Å². The van der Waals surface area contributed by atoms with Gasteiger partial charge < -0.3 is 19.5 Å². The van der Waals surface area contributed by atoms with Crippen LogP contribution in [0.2, 0.25) is 0 Å². The van der Waals surface area contributed by atoms with Crippen molar-refractivity contribution in [3.05, 3.63) is 0 Å². The maximum absolute atomic E-state index is 13.0. The van der Waals surface area contributed by atoms with E-state index in [1.165, 1.54) is 12.8 Å². The smallest absolute Gasteiger partial charge is 0.313 e. The van der Waals surface area contributed by atoms with E-state index in [4.69, 9.17) is 14.2 Å². The van der Waals surface area contributed by atoms with Crippen molar-refractivity contribution in [1.82, 2.24) is 5.32 Å². The molecule has 1 saturated carbocycles. The predicted molar refractivity (Wildman–Crippen MR) is 174 cm³/mol. The van der Waals surface area contributed by atoms with Crippen molar-refractivity contribution in [2.75, 3.05) is 32.6 Å². The largest absolute Gasteiger partial charge is 0.463 e. The van der Waals surface area contributed by atoms with Gasteiger partial charge in [0.2, 0.25) is 0 Å². The first-order valence-electron chi connectivity index (χ1n) is 16.7. The molecule has 1 aliphatic carbocycles. The second-order valence-electron chi connectivity index (χ2n) is 13.1. The molecule has 0 aromatic rings. The SMILES string of the molecule is CCCCC(CC)COC(C)(CC)C(=O)CCCCCOC(C)(CC)C(=O)NCCOC(=O)C1(CC(C)C)CC1SC. The molecule has 5 atom stereocenters. The van der Waals surface area contributed by atoms with Crippen molar-refractivity contribution in [1.29, 1.82) is 0 Å². The molecule has 0 aromatic carbocycles. The average molecular weight is 614 g/mol. The number of carbonyl (C=O) groups excluding carboxylic acids is 3. The summed E-state index contributed by atoms with van der Waals surface area (Å²) in [5.74, 6) is 0.790. The summed E-state index contributed by atoms with van der Waals surface area (Å²) >= 11 is 1.73. The summed E-state index contributed by atoms with van der Waals surface area (Å²) in [6, 6.07) is 0. The zero-order valence-corrected chi connectivity index (χ0v) is 29.2. The number of thioether (sulfide) groups is 1. The Morgan fingerprint density at radius 2 is 1.64 bits per heavy atom. The van der Waals surface area contributed by atoms with Crippen molar-refractivity contribution in [3.63, 3.8) is 0 Å². The molecule has 0 bridgehead atoms. The van der Waals surface area contributed by atoms with Gasteiger partial charge in [0.25, 0.3) is 5.91 Å². The van der Waals surface area contributed by atoms with Crippen LogP contribution in [0.3, 0.4) is 0 Å². The minimum absolute atomic E-state index is 0.138. The molecule has 0 spiro atoms. The number of unbranched alkanes of at least 4 members (excludes halogenated alkanes) is 3. The molecule has 246 valence electrons. The quantitative estimate of drug-likeness (QED) is 0.0841. The molecule has 1 rings (SSSR count). The average Bonchev–Trinajstić information content (AvgIpc) is 3.69. The maximum atomic E-state index is 13.0. The highest BCUT2D eigenvalue weighted by molar-refractivity contribution is 7.99. The molecule has 0 aliphatic heterocycles. The van der Waals surface area contributed by atoms with Crippen LogP contribution in [0.25, 0.3) is 0 Å². The summed E-state index contributed by atoms with van der Waals surface area (Å²) in [6.07, 6.45) is 12.5. The van der Waals surface area contributed by atoms with Gasteiger partial charge in [-0.25, -0.2) is 0 Å².